The Kier molecular flexibility index (Phi) is 5.27. The van der Waals surface area contributed by atoms with Gasteiger partial charge in [-0.15, -0.1) is 0 Å². The Morgan fingerprint density at radius 3 is 1.85 bits per heavy atom. The molecular weight excluding hydrogens is 158 g/mol. The molecule has 13 heavy (non-hydrogen) atoms. The van der Waals surface area contributed by atoms with Crippen molar-refractivity contribution in [3.63, 3.8) is 0 Å². The highest BCUT2D eigenvalue weighted by Crippen LogP contribution is 2.28. The second kappa shape index (κ2) is 5.41. The van der Waals surface area contributed by atoms with Crippen molar-refractivity contribution in [3.8, 4) is 0 Å². The van der Waals surface area contributed by atoms with Crippen LogP contribution in [-0.2, 0) is 0 Å². The molecule has 0 aromatic rings. The summed E-state index contributed by atoms with van der Waals surface area (Å²) in [7, 11) is 0. The highest BCUT2D eigenvalue weighted by molar-refractivity contribution is 5.81. The third kappa shape index (κ3) is 3.50. The lowest BCUT2D eigenvalue weighted by molar-refractivity contribution is 0.241. The zero-order valence-corrected chi connectivity index (χ0v) is 10.0. The molecule has 0 aliphatic carbocycles. The minimum Gasteiger partial charge on any atom is -0.310 e. The van der Waals surface area contributed by atoms with Crippen molar-refractivity contribution in [3.05, 3.63) is 0 Å². The zero-order chi connectivity index (χ0) is 10.6. The first-order valence-electron chi connectivity index (χ1n) is 5.46. The zero-order valence-electron chi connectivity index (χ0n) is 10.0. The van der Waals surface area contributed by atoms with E-state index in [1.807, 2.05) is 6.92 Å². The van der Waals surface area contributed by atoms with Gasteiger partial charge in [0, 0.05) is 5.71 Å². The smallest absolute Gasteiger partial charge is 0.00891 e. The first-order chi connectivity index (χ1) is 5.91. The van der Waals surface area contributed by atoms with E-state index in [9.17, 15) is 0 Å². The lowest BCUT2D eigenvalue weighted by Gasteiger charge is -2.29. The maximum atomic E-state index is 7.62. The molecule has 4 atom stereocenters. The van der Waals surface area contributed by atoms with Crippen molar-refractivity contribution >= 4 is 5.71 Å². The molecule has 0 aliphatic heterocycles. The molecule has 0 amide bonds. The molecule has 1 nitrogen and oxygen atoms in total. The van der Waals surface area contributed by atoms with Crippen molar-refractivity contribution in [2.24, 2.45) is 23.7 Å². The molecule has 0 fully saturated rings. The third-order valence-corrected chi connectivity index (χ3v) is 3.84. The van der Waals surface area contributed by atoms with Crippen LogP contribution in [0.1, 0.15) is 48.0 Å². The predicted octanol–water partition coefficient (Wildman–Crippen LogP) is 3.98. The summed E-state index contributed by atoms with van der Waals surface area (Å²) in [6, 6.07) is 0. The molecule has 0 bridgehead atoms. The summed E-state index contributed by atoms with van der Waals surface area (Å²) >= 11 is 0. The topological polar surface area (TPSA) is 23.9 Å². The summed E-state index contributed by atoms with van der Waals surface area (Å²) in [6.07, 6.45) is 1.25. The van der Waals surface area contributed by atoms with Gasteiger partial charge < -0.3 is 5.41 Å². The van der Waals surface area contributed by atoms with Gasteiger partial charge in [0.15, 0.2) is 0 Å². The number of hydrogen-bond donors (Lipinski definition) is 1. The second-order valence-electron chi connectivity index (χ2n) is 4.58. The van der Waals surface area contributed by atoms with Crippen molar-refractivity contribution in [1.82, 2.24) is 0 Å². The Balaban J connectivity index is 4.24. The van der Waals surface area contributed by atoms with E-state index in [-0.39, 0.29) is 0 Å². The highest BCUT2D eigenvalue weighted by atomic mass is 14.4. The normalized spacial score (nSPS) is 20.5. The van der Waals surface area contributed by atoms with Crippen LogP contribution in [0.15, 0.2) is 0 Å². The van der Waals surface area contributed by atoms with E-state index in [2.05, 4.69) is 34.6 Å². The highest BCUT2D eigenvalue weighted by Gasteiger charge is 2.23. The largest absolute Gasteiger partial charge is 0.310 e. The molecule has 0 aliphatic rings. The molecule has 1 unspecified atom stereocenters. The molecule has 78 valence electrons. The maximum absolute atomic E-state index is 7.62. The summed E-state index contributed by atoms with van der Waals surface area (Å²) in [6.45, 7) is 13.2. The molecule has 0 saturated carbocycles. The van der Waals surface area contributed by atoms with Gasteiger partial charge in [-0.25, -0.2) is 0 Å². The van der Waals surface area contributed by atoms with Gasteiger partial charge in [-0.2, -0.15) is 0 Å². The van der Waals surface area contributed by atoms with Gasteiger partial charge in [-0.1, -0.05) is 41.0 Å². The van der Waals surface area contributed by atoms with Crippen LogP contribution in [0.4, 0.5) is 0 Å². The van der Waals surface area contributed by atoms with E-state index < -0.39 is 0 Å². The average molecular weight is 183 g/mol. The standard InChI is InChI=1S/C12H25N/c1-7-8(2)9(3)10(4)11(5)12(6)13/h8-11,13H,7H2,1-6H3/t8-,9+,10?,11+/m0/s1. The van der Waals surface area contributed by atoms with Crippen LogP contribution in [0, 0.1) is 29.1 Å². The average Bonchev–Trinajstić information content (AvgIpc) is 2.12. The summed E-state index contributed by atoms with van der Waals surface area (Å²) in [5, 5.41) is 7.62. The fourth-order valence-electron chi connectivity index (χ4n) is 1.74. The van der Waals surface area contributed by atoms with Crippen molar-refractivity contribution in [2.75, 3.05) is 0 Å². The molecule has 1 N–H and O–H groups in total. The summed E-state index contributed by atoms with van der Waals surface area (Å²) in [5.74, 6) is 2.56. The van der Waals surface area contributed by atoms with E-state index in [1.54, 1.807) is 0 Å². The van der Waals surface area contributed by atoms with Crippen LogP contribution in [0.5, 0.6) is 0 Å². The van der Waals surface area contributed by atoms with E-state index in [4.69, 9.17) is 5.41 Å². The van der Waals surface area contributed by atoms with Crippen LogP contribution in [0.3, 0.4) is 0 Å². The minimum atomic E-state index is 0.434. The first kappa shape index (κ1) is 12.7. The SMILES string of the molecule is CC[C@H](C)[C@@H](C)C(C)[C@@H](C)C(C)=N. The molecular formula is C12H25N. The van der Waals surface area contributed by atoms with Gasteiger partial charge in [0.2, 0.25) is 0 Å². The molecule has 0 heterocycles. The number of nitrogens with one attached hydrogen (secondary N) is 1. The summed E-state index contributed by atoms with van der Waals surface area (Å²) in [5.41, 5.74) is 0.822. The van der Waals surface area contributed by atoms with Gasteiger partial charge >= 0.3 is 0 Å². The number of rotatable bonds is 5. The lowest BCUT2D eigenvalue weighted by atomic mass is 9.76. The molecule has 0 aromatic heterocycles. The monoisotopic (exact) mass is 183 g/mol. The van der Waals surface area contributed by atoms with Crippen molar-refractivity contribution in [1.29, 1.82) is 5.41 Å². The lowest BCUT2D eigenvalue weighted by Crippen LogP contribution is -2.25. The van der Waals surface area contributed by atoms with Gasteiger partial charge in [0.05, 0.1) is 0 Å². The van der Waals surface area contributed by atoms with Gasteiger partial charge in [0.25, 0.3) is 0 Å². The van der Waals surface area contributed by atoms with Crippen LogP contribution in [-0.4, -0.2) is 5.71 Å². The van der Waals surface area contributed by atoms with Gasteiger partial charge in [-0.05, 0) is 30.6 Å². The second-order valence-corrected chi connectivity index (χ2v) is 4.58. The predicted molar refractivity (Wildman–Crippen MR) is 60.3 cm³/mol. The van der Waals surface area contributed by atoms with Crippen molar-refractivity contribution < 1.29 is 0 Å². The molecule has 1 heteroatoms. The Bertz CT molecular complexity index is 163. The Morgan fingerprint density at radius 2 is 1.54 bits per heavy atom. The molecule has 0 spiro atoms. The van der Waals surface area contributed by atoms with Crippen LogP contribution >= 0.6 is 0 Å². The van der Waals surface area contributed by atoms with Gasteiger partial charge in [-0.3, -0.25) is 0 Å². The first-order valence-corrected chi connectivity index (χ1v) is 5.46. The van der Waals surface area contributed by atoms with E-state index >= 15 is 0 Å². The maximum Gasteiger partial charge on any atom is 0.00891 e. The Morgan fingerprint density at radius 1 is 1.08 bits per heavy atom. The quantitative estimate of drug-likeness (QED) is 0.623. The summed E-state index contributed by atoms with van der Waals surface area (Å²) in [4.78, 5) is 0. The van der Waals surface area contributed by atoms with Crippen molar-refractivity contribution in [2.45, 2.75) is 48.0 Å². The van der Waals surface area contributed by atoms with E-state index in [0.29, 0.717) is 11.8 Å². The fourth-order valence-corrected chi connectivity index (χ4v) is 1.74. The number of hydrogen-bond acceptors (Lipinski definition) is 1. The van der Waals surface area contributed by atoms with E-state index in [1.165, 1.54) is 6.42 Å². The Labute approximate surface area is 83.4 Å². The molecule has 0 saturated heterocycles. The van der Waals surface area contributed by atoms with Crippen LogP contribution in [0.25, 0.3) is 0 Å². The van der Waals surface area contributed by atoms with Crippen LogP contribution < -0.4 is 0 Å². The van der Waals surface area contributed by atoms with E-state index in [0.717, 1.165) is 17.5 Å². The third-order valence-electron chi connectivity index (χ3n) is 3.84. The minimum absolute atomic E-state index is 0.434. The van der Waals surface area contributed by atoms with Crippen LogP contribution in [0.2, 0.25) is 0 Å². The molecule has 0 radical (unpaired) electrons. The Hall–Kier alpha value is -0.330. The fraction of sp³-hybridized carbons (Fsp3) is 0.917. The molecule has 0 rings (SSSR count). The summed E-state index contributed by atoms with van der Waals surface area (Å²) < 4.78 is 0. The molecule has 0 aromatic carbocycles. The van der Waals surface area contributed by atoms with Gasteiger partial charge in [0.1, 0.15) is 0 Å².